The van der Waals surface area contributed by atoms with Crippen molar-refractivity contribution in [3.8, 4) is 0 Å². The second-order valence-electron chi connectivity index (χ2n) is 2.85. The van der Waals surface area contributed by atoms with Crippen LogP contribution in [0.15, 0.2) is 24.3 Å². The Kier molecular flexibility index (Phi) is 6.07. The van der Waals surface area contributed by atoms with Gasteiger partial charge in [-0.1, -0.05) is 38.5 Å². The van der Waals surface area contributed by atoms with Crippen molar-refractivity contribution in [2.45, 2.75) is 32.6 Å². The normalized spacial score (nSPS) is 10.4. The zero-order valence-electron chi connectivity index (χ0n) is 7.68. The van der Waals surface area contributed by atoms with Gasteiger partial charge in [0, 0.05) is 0 Å². The number of carbonyl (C=O) groups excluding carboxylic acids is 1. The fraction of sp³-hybridized carbons (Fsp3) is 0.500. The molecule has 0 heterocycles. The standard InChI is InChI=1S/C10H17NO/c1-3-4-5-6-7-9(2)8-10(11)12/h6-7H,2-5,8H2,1H3,(H2,11,12). The Morgan fingerprint density at radius 2 is 2.25 bits per heavy atom. The molecule has 0 saturated carbocycles. The van der Waals surface area contributed by atoms with E-state index >= 15 is 0 Å². The number of nitrogens with two attached hydrogens (primary N) is 1. The maximum atomic E-state index is 10.4. The van der Waals surface area contributed by atoms with E-state index in [1.54, 1.807) is 0 Å². The Morgan fingerprint density at radius 1 is 1.58 bits per heavy atom. The van der Waals surface area contributed by atoms with Crippen molar-refractivity contribution in [3.63, 3.8) is 0 Å². The van der Waals surface area contributed by atoms with E-state index in [1.165, 1.54) is 12.8 Å². The minimum Gasteiger partial charge on any atom is -0.369 e. The Labute approximate surface area is 74.1 Å². The molecule has 0 aromatic carbocycles. The predicted octanol–water partition coefficient (Wildman–Crippen LogP) is 2.16. The summed E-state index contributed by atoms with van der Waals surface area (Å²) in [6.07, 6.45) is 7.60. The van der Waals surface area contributed by atoms with Crippen LogP contribution < -0.4 is 5.73 Å². The predicted molar refractivity (Wildman–Crippen MR) is 51.6 cm³/mol. The molecule has 0 atom stereocenters. The van der Waals surface area contributed by atoms with Gasteiger partial charge in [-0.25, -0.2) is 0 Å². The minimum atomic E-state index is -0.319. The van der Waals surface area contributed by atoms with Crippen LogP contribution in [0.4, 0.5) is 0 Å². The Balaban J connectivity index is 3.54. The third-order valence-electron chi connectivity index (χ3n) is 1.48. The molecule has 0 spiro atoms. The summed E-state index contributed by atoms with van der Waals surface area (Å²) in [6, 6.07) is 0. The fourth-order valence-electron chi connectivity index (χ4n) is 0.855. The first kappa shape index (κ1) is 11.0. The summed E-state index contributed by atoms with van der Waals surface area (Å²) in [6.45, 7) is 5.85. The topological polar surface area (TPSA) is 43.1 Å². The maximum Gasteiger partial charge on any atom is 0.221 e. The van der Waals surface area contributed by atoms with E-state index in [1.807, 2.05) is 12.2 Å². The van der Waals surface area contributed by atoms with Crippen molar-refractivity contribution < 1.29 is 4.79 Å². The van der Waals surface area contributed by atoms with Crippen molar-refractivity contribution in [3.05, 3.63) is 24.3 Å². The van der Waals surface area contributed by atoms with E-state index in [0.29, 0.717) is 0 Å². The average Bonchev–Trinajstić information content (AvgIpc) is 1.97. The molecule has 0 bridgehead atoms. The summed E-state index contributed by atoms with van der Waals surface area (Å²) >= 11 is 0. The van der Waals surface area contributed by atoms with Crippen LogP contribution in [-0.2, 0) is 4.79 Å². The van der Waals surface area contributed by atoms with Crippen molar-refractivity contribution >= 4 is 5.91 Å². The smallest absolute Gasteiger partial charge is 0.221 e. The average molecular weight is 167 g/mol. The lowest BCUT2D eigenvalue weighted by atomic mass is 10.1. The minimum absolute atomic E-state index is 0.266. The molecule has 0 saturated heterocycles. The van der Waals surface area contributed by atoms with Gasteiger partial charge in [-0.2, -0.15) is 0 Å². The monoisotopic (exact) mass is 167 g/mol. The molecule has 0 aromatic heterocycles. The molecule has 0 aliphatic heterocycles. The number of carbonyl (C=O) groups is 1. The Bertz CT molecular complexity index is 182. The molecule has 2 nitrogen and oxygen atoms in total. The first-order chi connectivity index (χ1) is 5.66. The third-order valence-corrected chi connectivity index (χ3v) is 1.48. The van der Waals surface area contributed by atoms with E-state index in [0.717, 1.165) is 12.0 Å². The molecular weight excluding hydrogens is 150 g/mol. The van der Waals surface area contributed by atoms with E-state index in [4.69, 9.17) is 5.73 Å². The summed E-state index contributed by atoms with van der Waals surface area (Å²) in [5, 5.41) is 0. The van der Waals surface area contributed by atoms with Crippen molar-refractivity contribution in [1.29, 1.82) is 0 Å². The highest BCUT2D eigenvalue weighted by atomic mass is 16.1. The zero-order chi connectivity index (χ0) is 9.40. The van der Waals surface area contributed by atoms with Crippen molar-refractivity contribution in [1.82, 2.24) is 0 Å². The first-order valence-electron chi connectivity index (χ1n) is 4.29. The summed E-state index contributed by atoms with van der Waals surface area (Å²) in [5.41, 5.74) is 5.78. The summed E-state index contributed by atoms with van der Waals surface area (Å²) in [5.74, 6) is -0.319. The molecule has 68 valence electrons. The molecule has 2 N–H and O–H groups in total. The van der Waals surface area contributed by atoms with Gasteiger partial charge in [0.05, 0.1) is 6.42 Å². The van der Waals surface area contributed by atoms with Gasteiger partial charge < -0.3 is 5.73 Å². The molecule has 0 fully saturated rings. The van der Waals surface area contributed by atoms with Gasteiger partial charge >= 0.3 is 0 Å². The third kappa shape index (κ3) is 7.06. The molecule has 0 aliphatic carbocycles. The molecule has 2 heteroatoms. The maximum absolute atomic E-state index is 10.4. The van der Waals surface area contributed by atoms with Gasteiger partial charge in [0.25, 0.3) is 0 Å². The van der Waals surface area contributed by atoms with Crippen LogP contribution in [0, 0.1) is 0 Å². The van der Waals surface area contributed by atoms with Crippen LogP contribution in [0.25, 0.3) is 0 Å². The van der Waals surface area contributed by atoms with Crippen molar-refractivity contribution in [2.75, 3.05) is 0 Å². The fourth-order valence-corrected chi connectivity index (χ4v) is 0.855. The summed E-state index contributed by atoms with van der Waals surface area (Å²) < 4.78 is 0. The highest BCUT2D eigenvalue weighted by Crippen LogP contribution is 2.02. The van der Waals surface area contributed by atoms with Gasteiger partial charge in [0.2, 0.25) is 5.91 Å². The van der Waals surface area contributed by atoms with E-state index < -0.39 is 0 Å². The molecule has 0 unspecified atom stereocenters. The Hall–Kier alpha value is -1.05. The molecule has 0 aliphatic rings. The van der Waals surface area contributed by atoms with Gasteiger partial charge in [0.15, 0.2) is 0 Å². The van der Waals surface area contributed by atoms with Crippen LogP contribution in [0.5, 0.6) is 0 Å². The van der Waals surface area contributed by atoms with Crippen LogP contribution in [0.3, 0.4) is 0 Å². The zero-order valence-corrected chi connectivity index (χ0v) is 7.68. The van der Waals surface area contributed by atoms with Gasteiger partial charge in [-0.3, -0.25) is 4.79 Å². The lowest BCUT2D eigenvalue weighted by Gasteiger charge is -1.94. The summed E-state index contributed by atoms with van der Waals surface area (Å²) in [7, 11) is 0. The lowest BCUT2D eigenvalue weighted by molar-refractivity contribution is -0.117. The highest BCUT2D eigenvalue weighted by molar-refractivity contribution is 5.76. The number of primary amides is 1. The number of rotatable bonds is 6. The highest BCUT2D eigenvalue weighted by Gasteiger charge is 1.93. The second-order valence-corrected chi connectivity index (χ2v) is 2.85. The number of hydrogen-bond acceptors (Lipinski definition) is 1. The van der Waals surface area contributed by atoms with Gasteiger partial charge in [-0.15, -0.1) is 0 Å². The van der Waals surface area contributed by atoms with Crippen LogP contribution >= 0.6 is 0 Å². The van der Waals surface area contributed by atoms with Gasteiger partial charge in [0.1, 0.15) is 0 Å². The number of unbranched alkanes of at least 4 members (excludes halogenated alkanes) is 2. The number of hydrogen-bond donors (Lipinski definition) is 1. The van der Waals surface area contributed by atoms with Crippen molar-refractivity contribution in [2.24, 2.45) is 5.73 Å². The lowest BCUT2D eigenvalue weighted by Crippen LogP contribution is -2.10. The van der Waals surface area contributed by atoms with Gasteiger partial charge in [-0.05, 0) is 12.0 Å². The SMILES string of the molecule is C=C(C=CCCCC)CC(N)=O. The van der Waals surface area contributed by atoms with E-state index in [2.05, 4.69) is 13.5 Å². The number of allylic oxidation sites excluding steroid dienone is 2. The second kappa shape index (κ2) is 6.65. The molecule has 12 heavy (non-hydrogen) atoms. The first-order valence-corrected chi connectivity index (χ1v) is 4.29. The molecule has 1 amide bonds. The van der Waals surface area contributed by atoms with E-state index in [9.17, 15) is 4.79 Å². The van der Waals surface area contributed by atoms with Crippen LogP contribution in [-0.4, -0.2) is 5.91 Å². The Morgan fingerprint density at radius 3 is 2.75 bits per heavy atom. The quantitative estimate of drug-likeness (QED) is 0.478. The summed E-state index contributed by atoms with van der Waals surface area (Å²) in [4.78, 5) is 10.4. The van der Waals surface area contributed by atoms with Crippen LogP contribution in [0.2, 0.25) is 0 Å². The molecule has 0 aromatic rings. The largest absolute Gasteiger partial charge is 0.369 e. The molecular formula is C10H17NO. The van der Waals surface area contributed by atoms with Crippen LogP contribution in [0.1, 0.15) is 32.6 Å². The molecule has 0 radical (unpaired) electrons. The molecule has 0 rings (SSSR count). The number of amides is 1. The van der Waals surface area contributed by atoms with E-state index in [-0.39, 0.29) is 12.3 Å².